The second-order valence-corrected chi connectivity index (χ2v) is 6.91. The maximum Gasteiger partial charge on any atom is 0.266 e. The van der Waals surface area contributed by atoms with Crippen molar-refractivity contribution in [3.05, 3.63) is 69.3 Å². The molecule has 26 heavy (non-hydrogen) atoms. The van der Waals surface area contributed by atoms with Gasteiger partial charge in [0.25, 0.3) is 5.91 Å². The average molecular weight is 389 g/mol. The Morgan fingerprint density at radius 3 is 2.62 bits per heavy atom. The Hall–Kier alpha value is -2.54. The highest BCUT2D eigenvalue weighted by Crippen LogP contribution is 2.48. The Balaban J connectivity index is 1.98. The molecule has 1 aliphatic rings. The molecule has 0 fully saturated rings. The van der Waals surface area contributed by atoms with Crippen LogP contribution in [0.2, 0.25) is 10.0 Å². The van der Waals surface area contributed by atoms with E-state index in [-0.39, 0.29) is 22.0 Å². The number of nitrogens with one attached hydrogen (secondary N) is 1. The average Bonchev–Trinajstić information content (AvgIpc) is 3.04. The van der Waals surface area contributed by atoms with Gasteiger partial charge in [-0.05, 0) is 31.2 Å². The lowest BCUT2D eigenvalue weighted by Gasteiger charge is -2.21. The summed E-state index contributed by atoms with van der Waals surface area (Å²) in [6.45, 7) is 1.68. The minimum atomic E-state index is -2.04. The summed E-state index contributed by atoms with van der Waals surface area (Å²) in [4.78, 5) is 12.7. The van der Waals surface area contributed by atoms with Crippen molar-refractivity contribution >= 4 is 40.6 Å². The van der Waals surface area contributed by atoms with E-state index in [1.54, 1.807) is 6.92 Å². The summed E-state index contributed by atoms with van der Waals surface area (Å²) in [6.07, 6.45) is 0. The first-order valence-corrected chi connectivity index (χ1v) is 8.54. The van der Waals surface area contributed by atoms with Gasteiger partial charge in [0, 0.05) is 10.6 Å². The normalized spacial score (nSPS) is 18.7. The summed E-state index contributed by atoms with van der Waals surface area (Å²) in [5, 5.41) is 19.0. The SMILES string of the molecule is Cc1nn(-c2ccccc2)c(N)c1[C@]1(O)C(=O)Nc2c(Cl)cc(Cl)cc21. The van der Waals surface area contributed by atoms with Crippen LogP contribution in [-0.4, -0.2) is 20.8 Å². The number of hydrogen-bond donors (Lipinski definition) is 3. The van der Waals surface area contributed by atoms with Crippen LogP contribution in [-0.2, 0) is 10.4 Å². The zero-order valence-electron chi connectivity index (χ0n) is 13.6. The largest absolute Gasteiger partial charge is 0.383 e. The van der Waals surface area contributed by atoms with Gasteiger partial charge in [0.1, 0.15) is 5.82 Å². The highest BCUT2D eigenvalue weighted by atomic mass is 35.5. The van der Waals surface area contributed by atoms with E-state index in [0.717, 1.165) is 0 Å². The third kappa shape index (κ3) is 2.23. The van der Waals surface area contributed by atoms with Gasteiger partial charge in [0.05, 0.1) is 27.7 Å². The number of halogens is 2. The third-order valence-electron chi connectivity index (χ3n) is 4.47. The zero-order chi connectivity index (χ0) is 18.6. The quantitative estimate of drug-likeness (QED) is 0.627. The Morgan fingerprint density at radius 1 is 1.23 bits per heavy atom. The molecule has 0 aliphatic carbocycles. The van der Waals surface area contributed by atoms with Crippen molar-refractivity contribution in [1.29, 1.82) is 0 Å². The van der Waals surface area contributed by atoms with Gasteiger partial charge in [-0.2, -0.15) is 5.10 Å². The van der Waals surface area contributed by atoms with Gasteiger partial charge < -0.3 is 16.2 Å². The summed E-state index contributed by atoms with van der Waals surface area (Å²) in [7, 11) is 0. The van der Waals surface area contributed by atoms with Crippen LogP contribution in [0.15, 0.2) is 42.5 Å². The number of nitrogen functional groups attached to an aromatic ring is 1. The number of anilines is 2. The highest BCUT2D eigenvalue weighted by molar-refractivity contribution is 6.38. The molecule has 3 aromatic rings. The number of aromatic nitrogens is 2. The predicted octanol–water partition coefficient (Wildman–Crippen LogP) is 3.26. The lowest BCUT2D eigenvalue weighted by atomic mass is 9.87. The van der Waals surface area contributed by atoms with Crippen molar-refractivity contribution in [3.63, 3.8) is 0 Å². The summed E-state index contributed by atoms with van der Waals surface area (Å²) >= 11 is 12.3. The van der Waals surface area contributed by atoms with Crippen LogP contribution in [0.5, 0.6) is 0 Å². The van der Waals surface area contributed by atoms with E-state index in [2.05, 4.69) is 10.4 Å². The van der Waals surface area contributed by atoms with E-state index >= 15 is 0 Å². The molecular weight excluding hydrogens is 375 g/mol. The fourth-order valence-electron chi connectivity index (χ4n) is 3.32. The number of carbonyl (C=O) groups excluding carboxylic acids is 1. The molecule has 2 heterocycles. The van der Waals surface area contributed by atoms with Crippen LogP contribution in [0.25, 0.3) is 5.69 Å². The number of hydrogen-bond acceptors (Lipinski definition) is 4. The Kier molecular flexibility index (Phi) is 3.73. The lowest BCUT2D eigenvalue weighted by Crippen LogP contribution is -2.36. The maximum absolute atomic E-state index is 12.7. The first-order valence-electron chi connectivity index (χ1n) is 7.78. The van der Waals surface area contributed by atoms with E-state index in [4.69, 9.17) is 28.9 Å². The molecular formula is C18H14Cl2N4O2. The van der Waals surface area contributed by atoms with Crippen LogP contribution < -0.4 is 11.1 Å². The second-order valence-electron chi connectivity index (χ2n) is 6.07. The Morgan fingerprint density at radius 2 is 1.92 bits per heavy atom. The van der Waals surface area contributed by atoms with Gasteiger partial charge in [-0.25, -0.2) is 4.68 Å². The number of aliphatic hydroxyl groups is 1. The van der Waals surface area contributed by atoms with Crippen molar-refractivity contribution in [2.75, 3.05) is 11.1 Å². The monoisotopic (exact) mass is 388 g/mol. The summed E-state index contributed by atoms with van der Waals surface area (Å²) in [5.41, 5.74) is 6.16. The van der Waals surface area contributed by atoms with Gasteiger partial charge in [0.2, 0.25) is 5.60 Å². The molecule has 0 unspecified atom stereocenters. The van der Waals surface area contributed by atoms with Crippen molar-refractivity contribution < 1.29 is 9.90 Å². The van der Waals surface area contributed by atoms with Crippen LogP contribution in [0.1, 0.15) is 16.8 Å². The predicted molar refractivity (Wildman–Crippen MR) is 101 cm³/mol. The number of para-hydroxylation sites is 1. The lowest BCUT2D eigenvalue weighted by molar-refractivity contribution is -0.129. The van der Waals surface area contributed by atoms with E-state index in [1.165, 1.54) is 16.8 Å². The van der Waals surface area contributed by atoms with Gasteiger partial charge >= 0.3 is 0 Å². The first-order chi connectivity index (χ1) is 12.3. The second kappa shape index (κ2) is 5.74. The molecule has 4 N–H and O–H groups in total. The van der Waals surface area contributed by atoms with Gasteiger partial charge in [-0.3, -0.25) is 4.79 Å². The number of fused-ring (bicyclic) bond motifs is 1. The smallest absolute Gasteiger partial charge is 0.266 e. The molecule has 0 radical (unpaired) electrons. The fraction of sp³-hybridized carbons (Fsp3) is 0.111. The molecule has 4 rings (SSSR count). The number of aryl methyl sites for hydroxylation is 1. The molecule has 0 spiro atoms. The minimum absolute atomic E-state index is 0.162. The van der Waals surface area contributed by atoms with Gasteiger partial charge in [0.15, 0.2) is 0 Å². The number of benzene rings is 2. The minimum Gasteiger partial charge on any atom is -0.383 e. The number of nitrogens with zero attached hydrogens (tertiary/aromatic N) is 2. The van der Waals surface area contributed by atoms with E-state index in [1.807, 2.05) is 30.3 Å². The highest BCUT2D eigenvalue weighted by Gasteiger charge is 2.51. The fourth-order valence-corrected chi connectivity index (χ4v) is 3.86. The molecule has 132 valence electrons. The first kappa shape index (κ1) is 16.9. The topological polar surface area (TPSA) is 93.2 Å². The van der Waals surface area contributed by atoms with Crippen LogP contribution in [0.3, 0.4) is 0 Å². The Labute approximate surface area is 159 Å². The van der Waals surface area contributed by atoms with Crippen LogP contribution >= 0.6 is 23.2 Å². The van der Waals surface area contributed by atoms with Crippen LogP contribution in [0, 0.1) is 6.92 Å². The summed E-state index contributed by atoms with van der Waals surface area (Å²) in [5.74, 6) is -0.491. The van der Waals surface area contributed by atoms with Crippen molar-refractivity contribution in [3.8, 4) is 5.69 Å². The molecule has 0 bridgehead atoms. The number of rotatable bonds is 2. The molecule has 1 amide bonds. The summed E-state index contributed by atoms with van der Waals surface area (Å²) < 4.78 is 1.49. The maximum atomic E-state index is 12.7. The standard InChI is InChI=1S/C18H14Cl2N4O2/c1-9-14(16(21)24(23-9)11-5-3-2-4-6-11)18(26)12-7-10(19)8-13(20)15(12)22-17(18)25/h2-8,26H,21H2,1H3,(H,22,25)/t18-/m0/s1. The number of nitrogens with two attached hydrogens (primary N) is 1. The molecule has 2 aromatic carbocycles. The van der Waals surface area contributed by atoms with Crippen molar-refractivity contribution in [2.45, 2.75) is 12.5 Å². The van der Waals surface area contributed by atoms with E-state index in [9.17, 15) is 9.90 Å². The summed E-state index contributed by atoms with van der Waals surface area (Å²) in [6, 6.07) is 12.2. The van der Waals surface area contributed by atoms with Gasteiger partial charge in [-0.15, -0.1) is 0 Å². The van der Waals surface area contributed by atoms with Gasteiger partial charge in [-0.1, -0.05) is 41.4 Å². The molecule has 6 nitrogen and oxygen atoms in total. The zero-order valence-corrected chi connectivity index (χ0v) is 15.1. The molecule has 0 saturated carbocycles. The Bertz CT molecular complexity index is 1050. The molecule has 1 aliphatic heterocycles. The molecule has 1 aromatic heterocycles. The van der Waals surface area contributed by atoms with E-state index < -0.39 is 11.5 Å². The molecule has 0 saturated heterocycles. The molecule has 1 atom stereocenters. The molecule has 8 heteroatoms. The van der Waals surface area contributed by atoms with E-state index in [0.29, 0.717) is 22.1 Å². The van der Waals surface area contributed by atoms with Crippen molar-refractivity contribution in [1.82, 2.24) is 9.78 Å². The third-order valence-corrected chi connectivity index (χ3v) is 4.99. The van der Waals surface area contributed by atoms with Crippen LogP contribution in [0.4, 0.5) is 11.5 Å². The van der Waals surface area contributed by atoms with Crippen molar-refractivity contribution in [2.24, 2.45) is 0 Å². The number of amides is 1. The number of carbonyl (C=O) groups is 1.